The molecule has 0 aliphatic carbocycles. The standard InChI is InChI=1S/C23H20N2O5S/c1-29-17-9-5-6-15(12-17)13-19(16-7-3-2-4-8-16)23(28)30-14-20(26)25-22-18(21(24)27)10-11-31-22/h2-13H,14H2,1H3,(H2,24,27)(H,25,26)/b19-13+. The van der Waals surface area contributed by atoms with Crippen molar-refractivity contribution in [2.75, 3.05) is 19.0 Å². The number of primary amides is 1. The third-order valence-electron chi connectivity index (χ3n) is 4.23. The number of esters is 1. The van der Waals surface area contributed by atoms with Crippen LogP contribution in [-0.2, 0) is 14.3 Å². The minimum absolute atomic E-state index is 0.201. The lowest BCUT2D eigenvalue weighted by Gasteiger charge is -2.10. The zero-order chi connectivity index (χ0) is 22.2. The number of ether oxygens (including phenoxy) is 2. The van der Waals surface area contributed by atoms with Crippen molar-refractivity contribution in [1.82, 2.24) is 0 Å². The molecule has 2 amide bonds. The van der Waals surface area contributed by atoms with Gasteiger partial charge in [0, 0.05) is 0 Å². The molecule has 8 heteroatoms. The zero-order valence-electron chi connectivity index (χ0n) is 16.7. The molecule has 3 rings (SSSR count). The molecule has 0 fully saturated rings. The summed E-state index contributed by atoms with van der Waals surface area (Å²) in [4.78, 5) is 36.4. The average Bonchev–Trinajstić information content (AvgIpc) is 3.25. The monoisotopic (exact) mass is 436 g/mol. The van der Waals surface area contributed by atoms with Gasteiger partial charge >= 0.3 is 5.97 Å². The van der Waals surface area contributed by atoms with Crippen molar-refractivity contribution >= 4 is 45.8 Å². The third-order valence-corrected chi connectivity index (χ3v) is 5.06. The highest BCUT2D eigenvalue weighted by atomic mass is 32.1. The van der Waals surface area contributed by atoms with Gasteiger partial charge in [-0.3, -0.25) is 9.59 Å². The number of hydrogen-bond acceptors (Lipinski definition) is 6. The van der Waals surface area contributed by atoms with E-state index in [1.54, 1.807) is 55.0 Å². The Morgan fingerprint density at radius 3 is 2.55 bits per heavy atom. The summed E-state index contributed by atoms with van der Waals surface area (Å²) in [5.41, 5.74) is 7.14. The number of carbonyl (C=O) groups excluding carboxylic acids is 3. The maximum atomic E-state index is 12.8. The van der Waals surface area contributed by atoms with Crippen LogP contribution in [0.4, 0.5) is 5.00 Å². The highest BCUT2D eigenvalue weighted by Crippen LogP contribution is 2.24. The Labute approximate surface area is 183 Å². The van der Waals surface area contributed by atoms with E-state index in [1.165, 1.54) is 6.07 Å². The fourth-order valence-electron chi connectivity index (χ4n) is 2.75. The van der Waals surface area contributed by atoms with E-state index in [0.717, 1.165) is 16.9 Å². The lowest BCUT2D eigenvalue weighted by atomic mass is 10.0. The van der Waals surface area contributed by atoms with Crippen molar-refractivity contribution in [3.05, 3.63) is 82.7 Å². The van der Waals surface area contributed by atoms with Crippen LogP contribution in [0, 0.1) is 0 Å². The van der Waals surface area contributed by atoms with Crippen LogP contribution in [-0.4, -0.2) is 31.5 Å². The fraction of sp³-hybridized carbons (Fsp3) is 0.0870. The zero-order valence-corrected chi connectivity index (χ0v) is 17.5. The summed E-state index contributed by atoms with van der Waals surface area (Å²) < 4.78 is 10.5. The fourth-order valence-corrected chi connectivity index (χ4v) is 3.56. The molecular weight excluding hydrogens is 416 g/mol. The van der Waals surface area contributed by atoms with Gasteiger partial charge in [-0.1, -0.05) is 42.5 Å². The quantitative estimate of drug-likeness (QED) is 0.319. The van der Waals surface area contributed by atoms with Crippen molar-refractivity contribution in [3.63, 3.8) is 0 Å². The van der Waals surface area contributed by atoms with Crippen molar-refractivity contribution in [2.45, 2.75) is 0 Å². The van der Waals surface area contributed by atoms with Crippen molar-refractivity contribution < 1.29 is 23.9 Å². The Kier molecular flexibility index (Phi) is 7.18. The molecule has 0 atom stereocenters. The topological polar surface area (TPSA) is 108 Å². The molecule has 0 aliphatic rings. The number of nitrogens with one attached hydrogen (secondary N) is 1. The van der Waals surface area contributed by atoms with Gasteiger partial charge in [-0.05, 0) is 40.8 Å². The number of nitrogens with two attached hydrogens (primary N) is 1. The first kappa shape index (κ1) is 21.8. The molecule has 0 saturated heterocycles. The van der Waals surface area contributed by atoms with Crippen molar-refractivity contribution in [1.29, 1.82) is 0 Å². The van der Waals surface area contributed by atoms with Gasteiger partial charge in [-0.15, -0.1) is 11.3 Å². The lowest BCUT2D eigenvalue weighted by Crippen LogP contribution is -2.22. The summed E-state index contributed by atoms with van der Waals surface area (Å²) in [6.07, 6.45) is 1.67. The van der Waals surface area contributed by atoms with E-state index in [4.69, 9.17) is 15.2 Å². The SMILES string of the molecule is COc1cccc(/C=C(/C(=O)OCC(=O)Nc2sccc2C(N)=O)c2ccccc2)c1. The summed E-state index contributed by atoms with van der Waals surface area (Å²) in [6, 6.07) is 17.7. The molecule has 2 aromatic carbocycles. The summed E-state index contributed by atoms with van der Waals surface area (Å²) in [5.74, 6) is -1.24. The van der Waals surface area contributed by atoms with E-state index in [-0.39, 0.29) is 11.1 Å². The molecule has 1 aromatic heterocycles. The highest BCUT2D eigenvalue weighted by molar-refractivity contribution is 7.14. The number of benzene rings is 2. The molecule has 1 heterocycles. The number of amides is 2. The molecule has 0 spiro atoms. The summed E-state index contributed by atoms with van der Waals surface area (Å²) in [6.45, 7) is -0.517. The van der Waals surface area contributed by atoms with Gasteiger partial charge < -0.3 is 20.5 Å². The van der Waals surface area contributed by atoms with Crippen LogP contribution in [0.2, 0.25) is 0 Å². The Bertz CT molecular complexity index is 1120. The molecule has 3 N–H and O–H groups in total. The first-order chi connectivity index (χ1) is 15.0. The van der Waals surface area contributed by atoms with E-state index in [0.29, 0.717) is 16.3 Å². The molecule has 0 radical (unpaired) electrons. The third kappa shape index (κ3) is 5.80. The van der Waals surface area contributed by atoms with Gasteiger partial charge in [-0.25, -0.2) is 4.79 Å². The van der Waals surface area contributed by atoms with Crippen LogP contribution in [0.5, 0.6) is 5.75 Å². The smallest absolute Gasteiger partial charge is 0.339 e. The molecule has 0 bridgehead atoms. The van der Waals surface area contributed by atoms with Crippen LogP contribution >= 0.6 is 11.3 Å². The summed E-state index contributed by atoms with van der Waals surface area (Å²) >= 11 is 1.15. The highest BCUT2D eigenvalue weighted by Gasteiger charge is 2.17. The first-order valence-corrected chi connectivity index (χ1v) is 10.1. The van der Waals surface area contributed by atoms with E-state index in [2.05, 4.69) is 5.32 Å². The van der Waals surface area contributed by atoms with Crippen LogP contribution < -0.4 is 15.8 Å². The molecule has 7 nitrogen and oxygen atoms in total. The Morgan fingerprint density at radius 2 is 1.84 bits per heavy atom. The largest absolute Gasteiger partial charge is 0.497 e. The maximum Gasteiger partial charge on any atom is 0.339 e. The van der Waals surface area contributed by atoms with Crippen molar-refractivity contribution in [2.24, 2.45) is 5.73 Å². The number of anilines is 1. The number of methoxy groups -OCH3 is 1. The van der Waals surface area contributed by atoms with E-state index in [9.17, 15) is 14.4 Å². The van der Waals surface area contributed by atoms with Crippen LogP contribution in [0.1, 0.15) is 21.5 Å². The molecule has 0 saturated carbocycles. The Balaban J connectivity index is 1.76. The molecule has 3 aromatic rings. The van der Waals surface area contributed by atoms with Crippen LogP contribution in [0.25, 0.3) is 11.6 Å². The Morgan fingerprint density at radius 1 is 1.06 bits per heavy atom. The van der Waals surface area contributed by atoms with Gasteiger partial charge in [0.1, 0.15) is 10.8 Å². The molecular formula is C23H20N2O5S. The molecule has 0 unspecified atom stereocenters. The second-order valence-electron chi connectivity index (χ2n) is 6.35. The van der Waals surface area contributed by atoms with Gasteiger partial charge in [0.15, 0.2) is 6.61 Å². The number of thiophene rings is 1. The summed E-state index contributed by atoms with van der Waals surface area (Å²) in [5, 5.41) is 4.48. The maximum absolute atomic E-state index is 12.8. The average molecular weight is 436 g/mol. The summed E-state index contributed by atoms with van der Waals surface area (Å²) in [7, 11) is 1.56. The number of hydrogen-bond donors (Lipinski definition) is 2. The normalized spacial score (nSPS) is 10.9. The van der Waals surface area contributed by atoms with Crippen molar-refractivity contribution in [3.8, 4) is 5.75 Å². The minimum Gasteiger partial charge on any atom is -0.497 e. The van der Waals surface area contributed by atoms with Gasteiger partial charge in [0.05, 0.1) is 18.2 Å². The minimum atomic E-state index is -0.662. The molecule has 158 valence electrons. The lowest BCUT2D eigenvalue weighted by molar-refractivity contribution is -0.141. The second kappa shape index (κ2) is 10.2. The van der Waals surface area contributed by atoms with E-state index < -0.39 is 24.4 Å². The van der Waals surface area contributed by atoms with Gasteiger partial charge in [0.2, 0.25) is 0 Å². The van der Waals surface area contributed by atoms with E-state index in [1.807, 2.05) is 18.2 Å². The van der Waals surface area contributed by atoms with Crippen LogP contribution in [0.15, 0.2) is 66.0 Å². The predicted octanol–water partition coefficient (Wildman–Crippen LogP) is 3.58. The van der Waals surface area contributed by atoms with Gasteiger partial charge in [-0.2, -0.15) is 0 Å². The van der Waals surface area contributed by atoms with Gasteiger partial charge in [0.25, 0.3) is 11.8 Å². The Hall–Kier alpha value is -3.91. The molecule has 31 heavy (non-hydrogen) atoms. The molecule has 0 aliphatic heterocycles. The number of rotatable bonds is 8. The first-order valence-electron chi connectivity index (χ1n) is 9.23. The number of carbonyl (C=O) groups is 3. The second-order valence-corrected chi connectivity index (χ2v) is 7.27. The van der Waals surface area contributed by atoms with Crippen LogP contribution in [0.3, 0.4) is 0 Å². The van der Waals surface area contributed by atoms with E-state index >= 15 is 0 Å². The predicted molar refractivity (Wildman–Crippen MR) is 120 cm³/mol.